The average Bonchev–Trinajstić information content (AvgIpc) is 2.48. The molecule has 0 heterocycles. The first-order chi connectivity index (χ1) is 10.8. The van der Waals surface area contributed by atoms with Crippen LogP contribution in [0.5, 0.6) is 5.75 Å². The molecule has 8 heteroatoms. The molecule has 2 aromatic carbocycles. The Morgan fingerprint density at radius 2 is 2.00 bits per heavy atom. The summed E-state index contributed by atoms with van der Waals surface area (Å²) >= 11 is 9.12. The number of hydrogen-bond donors (Lipinski definition) is 1. The van der Waals surface area contributed by atoms with E-state index in [1.165, 1.54) is 19.2 Å². The Balaban J connectivity index is 2.18. The van der Waals surface area contributed by atoms with Crippen LogP contribution < -0.4 is 9.46 Å². The number of nitrogens with one attached hydrogen (secondary N) is 1. The molecule has 0 radical (unpaired) electrons. The monoisotopic (exact) mass is 421 g/mol. The Kier molecular flexibility index (Phi) is 6.02. The van der Waals surface area contributed by atoms with E-state index in [4.69, 9.17) is 16.3 Å². The van der Waals surface area contributed by atoms with Crippen molar-refractivity contribution in [2.24, 2.45) is 0 Å². The molecule has 0 saturated heterocycles. The predicted molar refractivity (Wildman–Crippen MR) is 91.0 cm³/mol. The summed E-state index contributed by atoms with van der Waals surface area (Å²) in [5, 5.41) is 0.257. The molecule has 0 bridgehead atoms. The molecule has 2 rings (SSSR count). The number of ether oxygens (including phenoxy) is 1. The smallest absolute Gasteiger partial charge is 0.244 e. The van der Waals surface area contributed by atoms with Gasteiger partial charge in [-0.3, -0.25) is 0 Å². The summed E-state index contributed by atoms with van der Waals surface area (Å²) in [7, 11) is -2.48. The minimum absolute atomic E-state index is 0.0521. The van der Waals surface area contributed by atoms with E-state index in [9.17, 15) is 12.8 Å². The third-order valence-electron chi connectivity index (χ3n) is 3.11. The molecule has 23 heavy (non-hydrogen) atoms. The van der Waals surface area contributed by atoms with E-state index in [-0.39, 0.29) is 34.5 Å². The van der Waals surface area contributed by atoms with Gasteiger partial charge in [-0.25, -0.2) is 17.5 Å². The minimum atomic E-state index is -3.84. The van der Waals surface area contributed by atoms with Crippen LogP contribution >= 0.6 is 27.5 Å². The largest absolute Gasteiger partial charge is 0.494 e. The Labute approximate surface area is 147 Å². The molecule has 0 fully saturated rings. The number of benzene rings is 2. The molecule has 0 amide bonds. The van der Waals surface area contributed by atoms with Crippen LogP contribution in [0.2, 0.25) is 5.02 Å². The van der Waals surface area contributed by atoms with E-state index in [1.807, 2.05) is 0 Å². The van der Waals surface area contributed by atoms with Gasteiger partial charge in [0.1, 0.15) is 10.7 Å². The van der Waals surface area contributed by atoms with Crippen molar-refractivity contribution in [1.29, 1.82) is 0 Å². The first kappa shape index (κ1) is 18.2. The van der Waals surface area contributed by atoms with Gasteiger partial charge in [0.25, 0.3) is 0 Å². The van der Waals surface area contributed by atoms with Gasteiger partial charge in [0.15, 0.2) is 5.75 Å². The maximum Gasteiger partial charge on any atom is 0.244 e. The average molecular weight is 423 g/mol. The van der Waals surface area contributed by atoms with Crippen molar-refractivity contribution in [2.75, 3.05) is 13.7 Å². The van der Waals surface area contributed by atoms with Gasteiger partial charge < -0.3 is 4.74 Å². The molecular formula is C15H14BrClFNO3S. The Morgan fingerprint density at radius 1 is 1.30 bits per heavy atom. The summed E-state index contributed by atoms with van der Waals surface area (Å²) in [5.74, 6) is -0.206. The fourth-order valence-corrected chi connectivity index (χ4v) is 4.45. The van der Waals surface area contributed by atoms with Gasteiger partial charge in [-0.1, -0.05) is 29.8 Å². The van der Waals surface area contributed by atoms with Crippen molar-refractivity contribution in [3.05, 3.63) is 57.3 Å². The van der Waals surface area contributed by atoms with Crippen LogP contribution in [0, 0.1) is 5.82 Å². The highest BCUT2D eigenvalue weighted by Gasteiger charge is 2.22. The summed E-state index contributed by atoms with van der Waals surface area (Å²) in [6.45, 7) is 0.0521. The molecule has 1 N–H and O–H groups in total. The normalized spacial score (nSPS) is 11.5. The van der Waals surface area contributed by atoms with E-state index in [2.05, 4.69) is 20.7 Å². The molecular weight excluding hydrogens is 409 g/mol. The first-order valence-electron chi connectivity index (χ1n) is 6.61. The Bertz CT molecular complexity index is 814. The quantitative estimate of drug-likeness (QED) is 0.771. The van der Waals surface area contributed by atoms with Gasteiger partial charge in [0.2, 0.25) is 10.0 Å². The Morgan fingerprint density at radius 3 is 2.65 bits per heavy atom. The molecule has 0 aliphatic rings. The van der Waals surface area contributed by atoms with Gasteiger partial charge in [0.05, 0.1) is 11.6 Å². The fraction of sp³-hybridized carbons (Fsp3) is 0.200. The zero-order valence-corrected chi connectivity index (χ0v) is 15.3. The molecule has 0 aromatic heterocycles. The lowest BCUT2D eigenvalue weighted by molar-refractivity contribution is 0.399. The van der Waals surface area contributed by atoms with Crippen molar-refractivity contribution in [3.8, 4) is 5.75 Å². The van der Waals surface area contributed by atoms with Crippen molar-refractivity contribution in [2.45, 2.75) is 11.3 Å². The molecule has 4 nitrogen and oxygen atoms in total. The third-order valence-corrected chi connectivity index (χ3v) is 5.39. The van der Waals surface area contributed by atoms with Crippen molar-refractivity contribution in [3.63, 3.8) is 0 Å². The SMILES string of the molecule is COc1c(Br)cc(Cl)cc1S(=O)(=O)NCCc1ccccc1F. The topological polar surface area (TPSA) is 55.4 Å². The van der Waals surface area contributed by atoms with Gasteiger partial charge in [-0.2, -0.15) is 0 Å². The number of methoxy groups -OCH3 is 1. The summed E-state index contributed by atoms with van der Waals surface area (Å²) in [6, 6.07) is 9.07. The second-order valence-corrected chi connectivity index (χ2v) is 7.68. The van der Waals surface area contributed by atoms with Gasteiger partial charge in [-0.05, 0) is 46.1 Å². The maximum atomic E-state index is 13.5. The second kappa shape index (κ2) is 7.61. The summed E-state index contributed by atoms with van der Waals surface area (Å²) < 4.78 is 46.4. The van der Waals surface area contributed by atoms with Crippen LogP contribution in [0.4, 0.5) is 4.39 Å². The highest BCUT2D eigenvalue weighted by molar-refractivity contribution is 9.10. The van der Waals surface area contributed by atoms with E-state index in [1.54, 1.807) is 24.3 Å². The van der Waals surface area contributed by atoms with E-state index in [0.717, 1.165) is 0 Å². The van der Waals surface area contributed by atoms with Gasteiger partial charge in [0, 0.05) is 11.6 Å². The van der Waals surface area contributed by atoms with Crippen LogP contribution in [-0.4, -0.2) is 22.1 Å². The van der Waals surface area contributed by atoms with Crippen molar-refractivity contribution >= 4 is 37.6 Å². The molecule has 0 atom stereocenters. The Hall–Kier alpha value is -1.15. The highest BCUT2D eigenvalue weighted by atomic mass is 79.9. The summed E-state index contributed by atoms with van der Waals surface area (Å²) in [6.07, 6.45) is 0.232. The number of sulfonamides is 1. The van der Waals surface area contributed by atoms with Crippen LogP contribution in [0.15, 0.2) is 45.8 Å². The van der Waals surface area contributed by atoms with E-state index in [0.29, 0.717) is 10.0 Å². The predicted octanol–water partition coefficient (Wildman–Crippen LogP) is 3.77. The second-order valence-electron chi connectivity index (χ2n) is 4.66. The lowest BCUT2D eigenvalue weighted by Gasteiger charge is -2.13. The van der Waals surface area contributed by atoms with Crippen molar-refractivity contribution < 1.29 is 17.5 Å². The molecule has 0 aliphatic carbocycles. The van der Waals surface area contributed by atoms with Gasteiger partial charge >= 0.3 is 0 Å². The molecule has 0 saturated carbocycles. The van der Waals surface area contributed by atoms with Crippen LogP contribution in [0.3, 0.4) is 0 Å². The van der Waals surface area contributed by atoms with Crippen molar-refractivity contribution in [1.82, 2.24) is 4.72 Å². The van der Waals surface area contributed by atoms with Crippen LogP contribution in [-0.2, 0) is 16.4 Å². The number of rotatable bonds is 6. The van der Waals surface area contributed by atoms with E-state index >= 15 is 0 Å². The summed E-state index contributed by atoms with van der Waals surface area (Å²) in [4.78, 5) is -0.0760. The first-order valence-corrected chi connectivity index (χ1v) is 9.26. The number of halogens is 3. The van der Waals surface area contributed by atoms with E-state index < -0.39 is 10.0 Å². The maximum absolute atomic E-state index is 13.5. The number of hydrogen-bond acceptors (Lipinski definition) is 3. The lowest BCUT2D eigenvalue weighted by atomic mass is 10.1. The van der Waals surface area contributed by atoms with Gasteiger partial charge in [-0.15, -0.1) is 0 Å². The molecule has 0 spiro atoms. The van der Waals surface area contributed by atoms with Crippen LogP contribution in [0.1, 0.15) is 5.56 Å². The summed E-state index contributed by atoms with van der Waals surface area (Å²) in [5.41, 5.74) is 0.439. The minimum Gasteiger partial charge on any atom is -0.494 e. The lowest BCUT2D eigenvalue weighted by Crippen LogP contribution is -2.26. The zero-order valence-electron chi connectivity index (χ0n) is 12.1. The molecule has 124 valence electrons. The van der Waals surface area contributed by atoms with Crippen LogP contribution in [0.25, 0.3) is 0 Å². The molecule has 2 aromatic rings. The highest BCUT2D eigenvalue weighted by Crippen LogP contribution is 2.35. The third kappa shape index (κ3) is 4.44. The molecule has 0 aliphatic heterocycles. The molecule has 0 unspecified atom stereocenters. The standard InChI is InChI=1S/C15H14BrClFNO3S/c1-22-15-12(16)8-11(17)9-14(15)23(20,21)19-7-6-10-4-2-3-5-13(10)18/h2-5,8-9,19H,6-7H2,1H3. The fourth-order valence-electron chi connectivity index (χ4n) is 2.03. The zero-order chi connectivity index (χ0) is 17.0.